The van der Waals surface area contributed by atoms with Gasteiger partial charge < -0.3 is 11.1 Å². The van der Waals surface area contributed by atoms with Crippen LogP contribution in [-0.2, 0) is 9.84 Å². The normalized spacial score (nSPS) is 11.1. The van der Waals surface area contributed by atoms with E-state index in [9.17, 15) is 8.42 Å². The van der Waals surface area contributed by atoms with Gasteiger partial charge in [0.05, 0.1) is 4.90 Å². The zero-order chi connectivity index (χ0) is 14.8. The summed E-state index contributed by atoms with van der Waals surface area (Å²) in [6.45, 7) is 3.64. The first-order valence-electron chi connectivity index (χ1n) is 5.86. The van der Waals surface area contributed by atoms with Crippen molar-refractivity contribution in [1.82, 2.24) is 4.98 Å². The molecule has 20 heavy (non-hydrogen) atoms. The molecule has 2 aromatic rings. The van der Waals surface area contributed by atoms with Crippen molar-refractivity contribution in [2.45, 2.75) is 4.90 Å². The van der Waals surface area contributed by atoms with Gasteiger partial charge in [0.15, 0.2) is 9.84 Å². The number of sulfone groups is 1. The summed E-state index contributed by atoms with van der Waals surface area (Å²) in [4.78, 5) is 4.46. The molecule has 6 heteroatoms. The lowest BCUT2D eigenvalue weighted by Crippen LogP contribution is -2.00. The molecule has 1 aromatic carbocycles. The smallest absolute Gasteiger partial charge is 0.175 e. The molecule has 0 amide bonds. The van der Waals surface area contributed by atoms with Crippen LogP contribution in [0.5, 0.6) is 0 Å². The van der Waals surface area contributed by atoms with Crippen LogP contribution in [0.2, 0.25) is 0 Å². The predicted octanol–water partition coefficient (Wildman–Crippen LogP) is 2.95. The maximum absolute atomic E-state index is 11.4. The Morgan fingerprint density at radius 3 is 2.40 bits per heavy atom. The lowest BCUT2D eigenvalue weighted by molar-refractivity contribution is 0.602. The molecule has 0 saturated heterocycles. The summed E-state index contributed by atoms with van der Waals surface area (Å²) in [5.41, 5.74) is 7.26. The van der Waals surface area contributed by atoms with Crippen molar-refractivity contribution in [3.05, 3.63) is 48.5 Å². The van der Waals surface area contributed by atoms with Crippen LogP contribution in [0.15, 0.2) is 47.9 Å². The third-order valence-corrected chi connectivity index (χ3v) is 3.86. The maximum atomic E-state index is 11.4. The number of nitrogens with one attached hydrogen (secondary N) is 1. The van der Waals surface area contributed by atoms with Crippen LogP contribution in [0, 0.1) is 0 Å². The molecule has 0 atom stereocenters. The number of nitrogen functional groups attached to an aromatic ring is 1. The van der Waals surface area contributed by atoms with E-state index in [0.29, 0.717) is 11.6 Å². The molecule has 0 spiro atoms. The number of nitrogens with two attached hydrogens (primary N) is 1. The van der Waals surface area contributed by atoms with Gasteiger partial charge in [-0.1, -0.05) is 12.7 Å². The van der Waals surface area contributed by atoms with Gasteiger partial charge in [-0.3, -0.25) is 0 Å². The first-order valence-corrected chi connectivity index (χ1v) is 7.75. The minimum absolute atomic E-state index is 0. The van der Waals surface area contributed by atoms with Crippen molar-refractivity contribution in [2.75, 3.05) is 17.3 Å². The highest BCUT2D eigenvalue weighted by Gasteiger charge is 2.06. The standard InChI is InChI=1S/C14H15N3O2S.2H2/c1-3-10-4-9-13(17-14(10)15)16-11-5-7-12(8-6-11)20(2,18)19;;/h3-9H,1H2,2H3,(H3,15,16,17);2*1H. The third kappa shape index (κ3) is 3.16. The average Bonchev–Trinajstić information content (AvgIpc) is 2.38. The van der Waals surface area contributed by atoms with Gasteiger partial charge in [0.1, 0.15) is 11.6 Å². The zero-order valence-corrected chi connectivity index (χ0v) is 11.8. The molecule has 0 fully saturated rings. The molecule has 2 rings (SSSR count). The Hall–Kier alpha value is -2.34. The minimum Gasteiger partial charge on any atom is -0.383 e. The highest BCUT2D eigenvalue weighted by molar-refractivity contribution is 7.90. The number of aromatic nitrogens is 1. The number of hydrogen-bond donors (Lipinski definition) is 2. The maximum Gasteiger partial charge on any atom is 0.175 e. The summed E-state index contributed by atoms with van der Waals surface area (Å²) in [5, 5.41) is 3.05. The summed E-state index contributed by atoms with van der Waals surface area (Å²) in [6.07, 6.45) is 2.80. The van der Waals surface area contributed by atoms with E-state index >= 15 is 0 Å². The fourth-order valence-corrected chi connectivity index (χ4v) is 2.29. The van der Waals surface area contributed by atoms with Crippen molar-refractivity contribution in [3.8, 4) is 0 Å². The highest BCUT2D eigenvalue weighted by Crippen LogP contribution is 2.20. The van der Waals surface area contributed by atoms with Crippen LogP contribution in [0.4, 0.5) is 17.3 Å². The van der Waals surface area contributed by atoms with Crippen molar-refractivity contribution in [1.29, 1.82) is 0 Å². The van der Waals surface area contributed by atoms with Crippen LogP contribution in [-0.4, -0.2) is 19.7 Å². The Morgan fingerprint density at radius 1 is 1.25 bits per heavy atom. The minimum atomic E-state index is -3.18. The van der Waals surface area contributed by atoms with E-state index in [1.54, 1.807) is 36.4 Å². The molecule has 1 heterocycles. The molecule has 0 aliphatic heterocycles. The van der Waals surface area contributed by atoms with Crippen molar-refractivity contribution in [3.63, 3.8) is 0 Å². The highest BCUT2D eigenvalue weighted by atomic mass is 32.2. The quantitative estimate of drug-likeness (QED) is 0.905. The summed E-state index contributed by atoms with van der Waals surface area (Å²) in [7, 11) is -3.18. The van der Waals surface area contributed by atoms with E-state index in [-0.39, 0.29) is 7.75 Å². The first-order chi connectivity index (χ1) is 9.40. The fourth-order valence-electron chi connectivity index (χ4n) is 1.66. The number of anilines is 3. The predicted molar refractivity (Wildman–Crippen MR) is 85.8 cm³/mol. The number of rotatable bonds is 4. The molecule has 0 saturated carbocycles. The van der Waals surface area contributed by atoms with Crippen LogP contribution < -0.4 is 11.1 Å². The second-order valence-electron chi connectivity index (χ2n) is 4.30. The van der Waals surface area contributed by atoms with Crippen molar-refractivity contribution >= 4 is 33.2 Å². The van der Waals surface area contributed by atoms with Gasteiger partial charge in [0.2, 0.25) is 0 Å². The van der Waals surface area contributed by atoms with Crippen LogP contribution in [0.3, 0.4) is 0 Å². The summed E-state index contributed by atoms with van der Waals surface area (Å²) in [6, 6.07) is 10.0. The topological polar surface area (TPSA) is 85.1 Å². The van der Waals surface area contributed by atoms with E-state index in [2.05, 4.69) is 16.9 Å². The molecule has 0 radical (unpaired) electrons. The summed E-state index contributed by atoms with van der Waals surface area (Å²) >= 11 is 0. The third-order valence-electron chi connectivity index (χ3n) is 2.73. The van der Waals surface area contributed by atoms with E-state index in [0.717, 1.165) is 11.3 Å². The molecule has 0 aliphatic carbocycles. The van der Waals surface area contributed by atoms with Gasteiger partial charge in [-0.05, 0) is 36.4 Å². The molecule has 0 aliphatic rings. The molecule has 3 N–H and O–H groups in total. The largest absolute Gasteiger partial charge is 0.383 e. The summed E-state index contributed by atoms with van der Waals surface area (Å²) in [5.74, 6) is 0.970. The van der Waals surface area contributed by atoms with Gasteiger partial charge in [-0.15, -0.1) is 0 Å². The zero-order valence-electron chi connectivity index (χ0n) is 11.0. The van der Waals surface area contributed by atoms with Crippen molar-refractivity contribution in [2.24, 2.45) is 0 Å². The lowest BCUT2D eigenvalue weighted by atomic mass is 10.2. The number of pyridine rings is 1. The molecule has 108 valence electrons. The number of hydrogen-bond acceptors (Lipinski definition) is 5. The Balaban J connectivity index is 0.00000220. The van der Waals surface area contributed by atoms with E-state index in [4.69, 9.17) is 5.73 Å². The lowest BCUT2D eigenvalue weighted by Gasteiger charge is -2.08. The van der Waals surface area contributed by atoms with Crippen LogP contribution in [0.1, 0.15) is 8.42 Å². The van der Waals surface area contributed by atoms with Gasteiger partial charge >= 0.3 is 0 Å². The van der Waals surface area contributed by atoms with Crippen LogP contribution >= 0.6 is 0 Å². The molecule has 5 nitrogen and oxygen atoms in total. The fraction of sp³-hybridized carbons (Fsp3) is 0.0714. The number of benzene rings is 1. The molecule has 0 unspecified atom stereocenters. The first kappa shape index (κ1) is 14.1. The second kappa shape index (κ2) is 5.34. The van der Waals surface area contributed by atoms with Gasteiger partial charge in [-0.25, -0.2) is 13.4 Å². The molecule has 0 bridgehead atoms. The molecular formula is C14H19N3O2S. The second-order valence-corrected chi connectivity index (χ2v) is 6.31. The molecule has 1 aromatic heterocycles. The van der Waals surface area contributed by atoms with Gasteiger partial charge in [0, 0.05) is 20.4 Å². The van der Waals surface area contributed by atoms with Gasteiger partial charge in [-0.2, -0.15) is 0 Å². The Morgan fingerprint density at radius 2 is 1.90 bits per heavy atom. The Labute approximate surface area is 121 Å². The SMILES string of the molecule is C=Cc1ccc(Nc2ccc(S(C)(=O)=O)cc2)nc1N.[HH].[HH]. The average molecular weight is 293 g/mol. The van der Waals surface area contributed by atoms with Gasteiger partial charge in [0.25, 0.3) is 0 Å². The summed E-state index contributed by atoms with van der Waals surface area (Å²) < 4.78 is 22.7. The van der Waals surface area contributed by atoms with E-state index in [1.807, 2.05) is 6.07 Å². The molecular weight excluding hydrogens is 274 g/mol. The Bertz CT molecular complexity index is 747. The Kier molecular flexibility index (Phi) is 3.76. The number of nitrogens with zero attached hydrogens (tertiary/aromatic N) is 1. The van der Waals surface area contributed by atoms with E-state index < -0.39 is 9.84 Å². The van der Waals surface area contributed by atoms with Crippen molar-refractivity contribution < 1.29 is 11.3 Å². The van der Waals surface area contributed by atoms with Crippen LogP contribution in [0.25, 0.3) is 6.08 Å². The monoisotopic (exact) mass is 293 g/mol. The van der Waals surface area contributed by atoms with E-state index in [1.165, 1.54) is 6.26 Å².